The van der Waals surface area contributed by atoms with Crippen LogP contribution in [0.3, 0.4) is 0 Å². The minimum Gasteiger partial charge on any atom is -0.463 e. The van der Waals surface area contributed by atoms with Crippen LogP contribution in [0.25, 0.3) is 0 Å². The number of hydrogen-bond donors (Lipinski definition) is 0. The van der Waals surface area contributed by atoms with Gasteiger partial charge in [0.15, 0.2) is 6.61 Å². The molecule has 0 aliphatic heterocycles. The first-order chi connectivity index (χ1) is 5.84. The highest BCUT2D eigenvalue weighted by atomic mass is 16.5. The standard InChI is InChI=1S/C9H10N2O/c1-3-4-7-12-9-8(2)10-5-6-11-9/h5-6H,7H2,1-2H3. The SMILES string of the molecule is CC#CCOc1nccnc1C. The van der Waals surface area contributed by atoms with Crippen LogP contribution in [0.1, 0.15) is 12.6 Å². The lowest BCUT2D eigenvalue weighted by Crippen LogP contribution is -1.99. The van der Waals surface area contributed by atoms with Crippen LogP contribution in [0.15, 0.2) is 12.4 Å². The summed E-state index contributed by atoms with van der Waals surface area (Å²) in [6.07, 6.45) is 3.23. The predicted octanol–water partition coefficient (Wildman–Crippen LogP) is 1.19. The first kappa shape index (κ1) is 8.54. The summed E-state index contributed by atoms with van der Waals surface area (Å²) in [7, 11) is 0. The van der Waals surface area contributed by atoms with E-state index in [1.165, 1.54) is 0 Å². The fourth-order valence-electron chi connectivity index (χ4n) is 0.713. The third-order valence-electron chi connectivity index (χ3n) is 1.29. The lowest BCUT2D eigenvalue weighted by Gasteiger charge is -2.01. The Morgan fingerprint density at radius 1 is 1.42 bits per heavy atom. The van der Waals surface area contributed by atoms with Gasteiger partial charge in [-0.05, 0) is 13.8 Å². The molecule has 0 fully saturated rings. The molecule has 0 spiro atoms. The molecular formula is C9H10N2O. The second-order valence-corrected chi connectivity index (χ2v) is 2.16. The van der Waals surface area contributed by atoms with E-state index in [-0.39, 0.29) is 0 Å². The van der Waals surface area contributed by atoms with E-state index >= 15 is 0 Å². The molecule has 0 amide bonds. The Morgan fingerprint density at radius 2 is 2.17 bits per heavy atom. The van der Waals surface area contributed by atoms with Crippen LogP contribution < -0.4 is 4.74 Å². The molecule has 12 heavy (non-hydrogen) atoms. The molecular weight excluding hydrogens is 152 g/mol. The highest BCUT2D eigenvalue weighted by molar-refractivity contribution is 5.15. The van der Waals surface area contributed by atoms with E-state index in [4.69, 9.17) is 4.74 Å². The Labute approximate surface area is 71.8 Å². The van der Waals surface area contributed by atoms with E-state index in [1.807, 2.05) is 6.92 Å². The largest absolute Gasteiger partial charge is 0.463 e. The summed E-state index contributed by atoms with van der Waals surface area (Å²) in [5.41, 5.74) is 0.787. The van der Waals surface area contributed by atoms with Gasteiger partial charge in [0.2, 0.25) is 5.88 Å². The Morgan fingerprint density at radius 3 is 2.83 bits per heavy atom. The van der Waals surface area contributed by atoms with Gasteiger partial charge in [-0.25, -0.2) is 4.98 Å². The van der Waals surface area contributed by atoms with Crippen molar-refractivity contribution in [3.63, 3.8) is 0 Å². The van der Waals surface area contributed by atoms with Crippen molar-refractivity contribution in [3.05, 3.63) is 18.1 Å². The maximum absolute atomic E-state index is 5.23. The van der Waals surface area contributed by atoms with Gasteiger partial charge in [0.25, 0.3) is 0 Å². The average molecular weight is 162 g/mol. The van der Waals surface area contributed by atoms with Crippen molar-refractivity contribution >= 4 is 0 Å². The number of nitrogens with zero attached hydrogens (tertiary/aromatic N) is 2. The van der Waals surface area contributed by atoms with Gasteiger partial charge in [0.1, 0.15) is 0 Å². The number of ether oxygens (including phenoxy) is 1. The predicted molar refractivity (Wildman–Crippen MR) is 45.7 cm³/mol. The molecule has 62 valence electrons. The van der Waals surface area contributed by atoms with Gasteiger partial charge in [-0.2, -0.15) is 0 Å². The van der Waals surface area contributed by atoms with Crippen molar-refractivity contribution in [2.45, 2.75) is 13.8 Å². The highest BCUT2D eigenvalue weighted by Gasteiger charge is 1.97. The number of aryl methyl sites for hydroxylation is 1. The number of aromatic nitrogens is 2. The minimum atomic E-state index is 0.371. The Bertz CT molecular complexity index is 312. The summed E-state index contributed by atoms with van der Waals surface area (Å²) in [5.74, 6) is 6.07. The molecule has 3 nitrogen and oxygen atoms in total. The second kappa shape index (κ2) is 4.35. The Balaban J connectivity index is 2.61. The van der Waals surface area contributed by atoms with Gasteiger partial charge < -0.3 is 4.74 Å². The fourth-order valence-corrected chi connectivity index (χ4v) is 0.713. The maximum atomic E-state index is 5.23. The highest BCUT2D eigenvalue weighted by Crippen LogP contribution is 2.07. The fraction of sp³-hybridized carbons (Fsp3) is 0.333. The first-order valence-corrected chi connectivity index (χ1v) is 3.64. The molecule has 1 heterocycles. The Hall–Kier alpha value is -1.56. The molecule has 0 unspecified atom stereocenters. The Kier molecular flexibility index (Phi) is 3.09. The lowest BCUT2D eigenvalue weighted by molar-refractivity contribution is 0.350. The van der Waals surface area contributed by atoms with Crippen LogP contribution in [0.4, 0.5) is 0 Å². The summed E-state index contributed by atoms with van der Waals surface area (Å²) in [6, 6.07) is 0. The molecule has 0 N–H and O–H groups in total. The van der Waals surface area contributed by atoms with Crippen molar-refractivity contribution < 1.29 is 4.74 Å². The topological polar surface area (TPSA) is 35.0 Å². The summed E-state index contributed by atoms with van der Waals surface area (Å²) in [5, 5.41) is 0. The monoisotopic (exact) mass is 162 g/mol. The van der Waals surface area contributed by atoms with Crippen LogP contribution >= 0.6 is 0 Å². The number of hydrogen-bond acceptors (Lipinski definition) is 3. The van der Waals surface area contributed by atoms with Crippen molar-refractivity contribution in [2.75, 3.05) is 6.61 Å². The molecule has 1 aromatic heterocycles. The molecule has 0 aromatic carbocycles. The molecule has 0 aliphatic carbocycles. The van der Waals surface area contributed by atoms with Crippen LogP contribution in [0, 0.1) is 18.8 Å². The van der Waals surface area contributed by atoms with E-state index in [2.05, 4.69) is 21.8 Å². The van der Waals surface area contributed by atoms with E-state index in [1.54, 1.807) is 19.3 Å². The summed E-state index contributed by atoms with van der Waals surface area (Å²) in [6.45, 7) is 3.99. The van der Waals surface area contributed by atoms with E-state index in [0.717, 1.165) is 5.69 Å². The van der Waals surface area contributed by atoms with E-state index in [0.29, 0.717) is 12.5 Å². The quantitative estimate of drug-likeness (QED) is 0.612. The smallest absolute Gasteiger partial charge is 0.236 e. The van der Waals surface area contributed by atoms with Crippen LogP contribution in [-0.4, -0.2) is 16.6 Å². The van der Waals surface area contributed by atoms with Crippen molar-refractivity contribution in [2.24, 2.45) is 0 Å². The summed E-state index contributed by atoms with van der Waals surface area (Å²) in [4.78, 5) is 8.02. The van der Waals surface area contributed by atoms with Crippen molar-refractivity contribution in [1.29, 1.82) is 0 Å². The van der Waals surface area contributed by atoms with E-state index in [9.17, 15) is 0 Å². The zero-order valence-electron chi connectivity index (χ0n) is 7.16. The third-order valence-corrected chi connectivity index (χ3v) is 1.29. The first-order valence-electron chi connectivity index (χ1n) is 3.64. The van der Waals surface area contributed by atoms with Gasteiger partial charge in [-0.1, -0.05) is 5.92 Å². The van der Waals surface area contributed by atoms with Crippen LogP contribution in [0.5, 0.6) is 5.88 Å². The summed E-state index contributed by atoms with van der Waals surface area (Å²) < 4.78 is 5.23. The van der Waals surface area contributed by atoms with Crippen molar-refractivity contribution in [1.82, 2.24) is 9.97 Å². The molecule has 0 radical (unpaired) electrons. The summed E-state index contributed by atoms with van der Waals surface area (Å²) >= 11 is 0. The van der Waals surface area contributed by atoms with Crippen molar-refractivity contribution in [3.8, 4) is 17.7 Å². The molecule has 0 bridgehead atoms. The van der Waals surface area contributed by atoms with Gasteiger partial charge in [0, 0.05) is 12.4 Å². The van der Waals surface area contributed by atoms with Gasteiger partial charge in [0.05, 0.1) is 5.69 Å². The minimum absolute atomic E-state index is 0.371. The lowest BCUT2D eigenvalue weighted by atomic mass is 10.5. The number of rotatable bonds is 2. The molecule has 0 aliphatic rings. The zero-order valence-corrected chi connectivity index (χ0v) is 7.16. The van der Waals surface area contributed by atoms with Gasteiger partial charge in [-0.15, -0.1) is 5.92 Å². The third kappa shape index (κ3) is 2.24. The van der Waals surface area contributed by atoms with Crippen LogP contribution in [0.2, 0.25) is 0 Å². The van der Waals surface area contributed by atoms with Crippen LogP contribution in [-0.2, 0) is 0 Å². The molecule has 0 saturated heterocycles. The molecule has 3 heteroatoms. The average Bonchev–Trinajstić information content (AvgIpc) is 2.09. The normalized spacial score (nSPS) is 8.50. The second-order valence-electron chi connectivity index (χ2n) is 2.16. The zero-order chi connectivity index (χ0) is 8.81. The van der Waals surface area contributed by atoms with Gasteiger partial charge in [-0.3, -0.25) is 4.98 Å². The molecule has 1 aromatic rings. The molecule has 0 saturated carbocycles. The molecule has 1 rings (SSSR count). The maximum Gasteiger partial charge on any atom is 0.236 e. The molecule has 0 atom stereocenters. The van der Waals surface area contributed by atoms with E-state index < -0.39 is 0 Å². The van der Waals surface area contributed by atoms with Gasteiger partial charge >= 0.3 is 0 Å².